The Labute approximate surface area is 150 Å². The lowest BCUT2D eigenvalue weighted by molar-refractivity contribution is -0.122. The molecule has 1 amide bonds. The lowest BCUT2D eigenvalue weighted by Crippen LogP contribution is -2.30. The van der Waals surface area contributed by atoms with Gasteiger partial charge in [0.2, 0.25) is 0 Å². The third kappa shape index (κ3) is 4.45. The summed E-state index contributed by atoms with van der Waals surface area (Å²) < 4.78 is 6.82. The van der Waals surface area contributed by atoms with Gasteiger partial charge in [-0.15, -0.1) is 0 Å². The van der Waals surface area contributed by atoms with E-state index in [0.29, 0.717) is 17.0 Å². The smallest absolute Gasteiger partial charge is 0.265 e. The van der Waals surface area contributed by atoms with Crippen LogP contribution < -0.4 is 10.1 Å². The van der Waals surface area contributed by atoms with Crippen molar-refractivity contribution in [2.24, 2.45) is 0 Å². The zero-order chi connectivity index (χ0) is 17.9. The lowest BCUT2D eigenvalue weighted by Gasteiger charge is -2.18. The number of amides is 1. The molecule has 1 atom stereocenters. The minimum Gasteiger partial charge on any atom is -0.480 e. The van der Waals surface area contributed by atoms with E-state index < -0.39 is 6.10 Å². The molecule has 0 aliphatic rings. The maximum Gasteiger partial charge on any atom is 0.265 e. The van der Waals surface area contributed by atoms with Gasteiger partial charge in [0.05, 0.1) is 0 Å². The van der Waals surface area contributed by atoms with Crippen molar-refractivity contribution >= 4 is 33.3 Å². The first kappa shape index (κ1) is 18.2. The first-order valence-corrected chi connectivity index (χ1v) is 8.42. The topological polar surface area (TPSA) is 55.4 Å². The second-order valence-corrected chi connectivity index (χ2v) is 6.67. The molecular weight excluding hydrogens is 370 g/mol. The van der Waals surface area contributed by atoms with Crippen molar-refractivity contribution in [2.75, 3.05) is 5.32 Å². The predicted molar refractivity (Wildman–Crippen MR) is 98.8 cm³/mol. The lowest BCUT2D eigenvalue weighted by atomic mass is 10.1. The maximum absolute atomic E-state index is 12.3. The van der Waals surface area contributed by atoms with Crippen LogP contribution in [0.2, 0.25) is 0 Å². The molecule has 126 valence electrons. The van der Waals surface area contributed by atoms with Gasteiger partial charge in [-0.2, -0.15) is 0 Å². The maximum atomic E-state index is 12.3. The van der Waals surface area contributed by atoms with Crippen molar-refractivity contribution < 1.29 is 14.3 Å². The van der Waals surface area contributed by atoms with Crippen LogP contribution in [-0.2, 0) is 4.79 Å². The monoisotopic (exact) mass is 389 g/mol. The summed E-state index contributed by atoms with van der Waals surface area (Å²) in [4.78, 5) is 23.6. The second-order valence-electron chi connectivity index (χ2n) is 5.75. The molecule has 1 unspecified atom stereocenters. The first-order valence-electron chi connectivity index (χ1n) is 7.63. The zero-order valence-electron chi connectivity index (χ0n) is 14.1. The van der Waals surface area contributed by atoms with Crippen molar-refractivity contribution in [2.45, 2.75) is 33.8 Å². The quantitative estimate of drug-likeness (QED) is 0.755. The van der Waals surface area contributed by atoms with E-state index in [1.807, 2.05) is 26.0 Å². The Hall–Kier alpha value is -2.14. The highest BCUT2D eigenvalue weighted by molar-refractivity contribution is 9.10. The summed E-state index contributed by atoms with van der Waals surface area (Å²) in [6.45, 7) is 7.10. The third-order valence-corrected chi connectivity index (χ3v) is 4.11. The van der Waals surface area contributed by atoms with Crippen molar-refractivity contribution in [1.29, 1.82) is 0 Å². The van der Waals surface area contributed by atoms with Gasteiger partial charge in [0.1, 0.15) is 5.75 Å². The van der Waals surface area contributed by atoms with E-state index in [4.69, 9.17) is 4.74 Å². The molecule has 2 aromatic rings. The van der Waals surface area contributed by atoms with E-state index >= 15 is 0 Å². The minimum absolute atomic E-state index is 0.00855. The summed E-state index contributed by atoms with van der Waals surface area (Å²) in [7, 11) is 0. The number of anilines is 1. The van der Waals surface area contributed by atoms with Crippen LogP contribution in [0.5, 0.6) is 5.75 Å². The molecule has 0 aliphatic heterocycles. The molecule has 24 heavy (non-hydrogen) atoms. The van der Waals surface area contributed by atoms with Gasteiger partial charge >= 0.3 is 0 Å². The Bertz CT molecular complexity index is 746. The first-order chi connectivity index (χ1) is 11.3. The SMILES string of the molecule is CC(=O)c1ccc(NC(=O)C(C)Oc2c(C)cc(Br)cc2C)cc1. The van der Waals surface area contributed by atoms with Gasteiger partial charge in [0.25, 0.3) is 5.91 Å². The van der Waals surface area contributed by atoms with Crippen LogP contribution in [0.3, 0.4) is 0 Å². The molecule has 0 radical (unpaired) electrons. The van der Waals surface area contributed by atoms with Crippen molar-refractivity contribution in [1.82, 2.24) is 0 Å². The number of aryl methyl sites for hydroxylation is 2. The number of ether oxygens (including phenoxy) is 1. The number of ketones is 1. The zero-order valence-corrected chi connectivity index (χ0v) is 15.7. The van der Waals surface area contributed by atoms with Gasteiger partial charge in [-0.1, -0.05) is 15.9 Å². The highest BCUT2D eigenvalue weighted by Crippen LogP contribution is 2.28. The molecule has 0 spiro atoms. The van der Waals surface area contributed by atoms with Gasteiger partial charge in [-0.25, -0.2) is 0 Å². The molecule has 0 saturated carbocycles. The Kier molecular flexibility index (Phi) is 5.78. The van der Waals surface area contributed by atoms with Crippen LogP contribution in [0.25, 0.3) is 0 Å². The van der Waals surface area contributed by atoms with Crippen LogP contribution in [0.1, 0.15) is 35.3 Å². The molecule has 0 bridgehead atoms. The Morgan fingerprint density at radius 3 is 2.12 bits per heavy atom. The third-order valence-electron chi connectivity index (χ3n) is 3.65. The fourth-order valence-electron chi connectivity index (χ4n) is 2.35. The number of rotatable bonds is 5. The molecule has 5 heteroatoms. The van der Waals surface area contributed by atoms with Crippen LogP contribution in [-0.4, -0.2) is 17.8 Å². The molecule has 0 saturated heterocycles. The number of Topliss-reactive ketones (excluding diaryl/α,β-unsaturated/α-hetero) is 1. The highest BCUT2D eigenvalue weighted by Gasteiger charge is 2.17. The van der Waals surface area contributed by atoms with Crippen LogP contribution in [0, 0.1) is 13.8 Å². The fourth-order valence-corrected chi connectivity index (χ4v) is 3.03. The summed E-state index contributed by atoms with van der Waals surface area (Å²) in [5.41, 5.74) is 3.17. The van der Waals surface area contributed by atoms with Gasteiger partial charge < -0.3 is 10.1 Å². The minimum atomic E-state index is -0.643. The predicted octanol–water partition coefficient (Wildman–Crippen LogP) is 4.67. The van der Waals surface area contributed by atoms with Gasteiger partial charge in [-0.05, 0) is 75.2 Å². The van der Waals surface area contributed by atoms with E-state index in [1.54, 1.807) is 31.2 Å². The number of hydrogen-bond donors (Lipinski definition) is 1. The number of carbonyl (C=O) groups is 2. The van der Waals surface area contributed by atoms with Crippen molar-refractivity contribution in [3.05, 3.63) is 57.6 Å². The average molecular weight is 390 g/mol. The molecule has 1 N–H and O–H groups in total. The summed E-state index contributed by atoms with van der Waals surface area (Å²) in [5, 5.41) is 2.79. The molecule has 0 aromatic heterocycles. The molecule has 2 rings (SSSR count). The summed E-state index contributed by atoms with van der Waals surface area (Å²) in [5.74, 6) is 0.464. The average Bonchev–Trinajstić information content (AvgIpc) is 2.51. The largest absolute Gasteiger partial charge is 0.480 e. The highest BCUT2D eigenvalue weighted by atomic mass is 79.9. The number of benzene rings is 2. The van der Waals surface area contributed by atoms with E-state index in [0.717, 1.165) is 15.6 Å². The van der Waals surface area contributed by atoms with Gasteiger partial charge in [-0.3, -0.25) is 9.59 Å². The van der Waals surface area contributed by atoms with Crippen molar-refractivity contribution in [3.63, 3.8) is 0 Å². The summed E-state index contributed by atoms with van der Waals surface area (Å²) in [6.07, 6.45) is -0.643. The van der Waals surface area contributed by atoms with Crippen molar-refractivity contribution in [3.8, 4) is 5.75 Å². The number of carbonyl (C=O) groups excluding carboxylic acids is 2. The van der Waals surface area contributed by atoms with E-state index in [1.165, 1.54) is 6.92 Å². The number of hydrogen-bond acceptors (Lipinski definition) is 3. The molecule has 0 aliphatic carbocycles. The molecule has 0 fully saturated rings. The Balaban J connectivity index is 2.06. The van der Waals surface area contributed by atoms with Crippen LogP contribution in [0.15, 0.2) is 40.9 Å². The summed E-state index contributed by atoms with van der Waals surface area (Å²) in [6, 6.07) is 10.7. The number of halogens is 1. The van der Waals surface area contributed by atoms with E-state index in [2.05, 4.69) is 21.2 Å². The van der Waals surface area contributed by atoms with Crippen LogP contribution >= 0.6 is 15.9 Å². The van der Waals surface area contributed by atoms with Crippen LogP contribution in [0.4, 0.5) is 5.69 Å². The number of nitrogens with one attached hydrogen (secondary N) is 1. The fraction of sp³-hybridized carbons (Fsp3) is 0.263. The Morgan fingerprint density at radius 1 is 1.08 bits per heavy atom. The molecular formula is C19H20BrNO3. The van der Waals surface area contributed by atoms with Gasteiger partial charge in [0.15, 0.2) is 11.9 Å². The molecule has 0 heterocycles. The standard InChI is InChI=1S/C19H20BrNO3/c1-11-9-16(20)10-12(2)18(11)24-14(4)19(23)21-17-7-5-15(6-8-17)13(3)22/h5-10,14H,1-4H3,(H,21,23). The summed E-state index contributed by atoms with van der Waals surface area (Å²) >= 11 is 3.44. The normalized spacial score (nSPS) is 11.7. The second kappa shape index (κ2) is 7.62. The Morgan fingerprint density at radius 2 is 1.62 bits per heavy atom. The van der Waals surface area contributed by atoms with E-state index in [9.17, 15) is 9.59 Å². The van der Waals surface area contributed by atoms with Gasteiger partial charge in [0, 0.05) is 15.7 Å². The molecule has 4 nitrogen and oxygen atoms in total. The van der Waals surface area contributed by atoms with E-state index in [-0.39, 0.29) is 11.7 Å². The molecule has 2 aromatic carbocycles.